The molecule has 0 amide bonds. The van der Waals surface area contributed by atoms with Crippen molar-refractivity contribution in [1.29, 1.82) is 0 Å². The maximum Gasteiger partial charge on any atom is 0.644 e. The predicted octanol–water partition coefficient (Wildman–Crippen LogP) is -31.0. The molecule has 6 unspecified atom stereocenters. The van der Waals surface area contributed by atoms with Crippen LogP contribution in [-0.4, -0.2) is 470 Å². The van der Waals surface area contributed by atoms with Gasteiger partial charge in [0.1, 0.15) is 52.4 Å². The van der Waals surface area contributed by atoms with Gasteiger partial charge in [-0.3, -0.25) is 0 Å². The van der Waals surface area contributed by atoms with E-state index >= 15 is 0 Å². The molecule has 0 spiro atoms. The van der Waals surface area contributed by atoms with Crippen LogP contribution < -0.4 is 0 Å². The van der Waals surface area contributed by atoms with Crippen molar-refractivity contribution in [2.45, 2.75) is 125 Å². The van der Waals surface area contributed by atoms with Gasteiger partial charge < -0.3 is 178 Å². The first-order chi connectivity index (χ1) is 46.6. The van der Waals surface area contributed by atoms with E-state index in [0.29, 0.717) is 52.4 Å². The summed E-state index contributed by atoms with van der Waals surface area (Å²) in [7, 11) is -104. The van der Waals surface area contributed by atoms with Crippen molar-refractivity contribution < 1.29 is 178 Å². The van der Waals surface area contributed by atoms with Gasteiger partial charge in [-0.2, -0.15) is 0 Å². The molecule has 0 aliphatic rings. The van der Waals surface area contributed by atoms with Crippen LogP contribution in [0.25, 0.3) is 0 Å². The van der Waals surface area contributed by atoms with Gasteiger partial charge >= 0.3 is 66.6 Å². The average molecular weight is 2190 g/mol. The van der Waals surface area contributed by atoms with Crippen LogP contribution in [0, 0.1) is 0 Å². The van der Waals surface area contributed by atoms with Crippen LogP contribution in [0.4, 0.5) is 0 Å². The van der Waals surface area contributed by atoms with Gasteiger partial charge in [0.05, 0.1) is 9.76 Å². The minimum atomic E-state index is -6.84. The molecule has 0 rings (SSSR count). The Morgan fingerprint density at radius 3 is 0.961 bits per heavy atom. The SMILES string of the molecule is CCC.CO[Si]([SiH3])(O[Si]([Si](O[SiH2]O)([SiH2]O)[SiH2]O)([Si](O[Si](C)(C)O[Si](C)(C)C)(O[Si](O[SiH2]O)([SiH2]O)[Si](C)(C)O)[Si](O[Si](O[SiH2]O)([SiH2]O)[SiH2]O)([Si](O[SiH2]O)([SiH2]O)[SiH2]O)[Si](O[SiH2]O)([SiH2]O)[SiH2]O)[Si](O[Si](C)(C)O)([SiH2]O)[Si](C)(C)O)[SiH2]O.C[Si](C)(C)O[Si](C)(C)O[Si](O[SiH3])(O[SiH2]O[SiH3])O[Si](O[SiH3])(O[SiH3])O[SiH3]. The standard InChI is InChI=1S/C12H90O31Si32.C5H32O9Si10.C3H8/c1-32-66(44,50-18)41-75(72(58-26,59-27)37-49-17,73(60-28,64(9,10)31)39-62(5,6)29)69(40-65(11,12)38-61(2,3)4,43-68(53-21,34-46-14)63(7,8)30)74(70(54-22,55-23)35-47-15,71(56-24,57-25)36-48-16)42-67(51-19,52-20)33-45-13;1-21(2,3)12-22(4,5)13-24(10-19,11-20-6-15)14-23(7-16,8-17)9-18;1-3-2/h13-31H,45-60H2,1-12,44H3;20H2,1-5,15-19H3;3H2,1-2H3. The molecule has 0 fully saturated rings. The zero-order valence-corrected chi connectivity index (χ0v) is 119. The van der Waals surface area contributed by atoms with E-state index in [2.05, 4.69) is 33.5 Å². The molecule has 0 aromatic heterocycles. The van der Waals surface area contributed by atoms with Crippen LogP contribution >= 0.6 is 0 Å². The summed E-state index contributed by atoms with van der Waals surface area (Å²) in [6.45, 7) is -4.59. The third kappa shape index (κ3) is 28.6. The summed E-state index contributed by atoms with van der Waals surface area (Å²) >= 11 is 0. The third-order valence-electron chi connectivity index (χ3n) is 15.1. The first-order valence-corrected chi connectivity index (χ1v) is 130. The normalized spacial score (nSPS) is 22.6. The van der Waals surface area contributed by atoms with Crippen molar-refractivity contribution >= 4 is 372 Å². The second-order valence-electron chi connectivity index (χ2n) is 27.5. The molecule has 0 aliphatic carbocycles. The molecule has 0 heterocycles. The molecule has 0 aromatic carbocycles. The average Bonchev–Trinajstić information content (AvgIpc) is 0.638. The summed E-state index contributed by atoms with van der Waals surface area (Å²) in [5.74, 6) is 0. The summed E-state index contributed by atoms with van der Waals surface area (Å²) in [4.78, 5) is 234. The van der Waals surface area contributed by atoms with E-state index in [9.17, 15) is 91.1 Å². The van der Waals surface area contributed by atoms with Crippen molar-refractivity contribution in [3.05, 3.63) is 0 Å². The largest absolute Gasteiger partial charge is 0.644 e. The fraction of sp³-hybridized carbons (Fsp3) is 1.00. The van der Waals surface area contributed by atoms with Gasteiger partial charge in [0.2, 0.25) is 72.4 Å². The van der Waals surface area contributed by atoms with Crippen LogP contribution in [0.3, 0.4) is 0 Å². The fourth-order valence-electron chi connectivity index (χ4n) is 11.2. The Bertz CT molecular complexity index is 2250. The van der Waals surface area contributed by atoms with Crippen LogP contribution in [-0.2, 0) is 86.7 Å². The molecule has 0 saturated heterocycles. The predicted molar refractivity (Wildman–Crippen MR) is 495 cm³/mol. The summed E-state index contributed by atoms with van der Waals surface area (Å²) in [6, 6.07) is 0. The Balaban J connectivity index is -0.00000303. The van der Waals surface area contributed by atoms with E-state index in [1.807, 2.05) is 13.1 Å². The van der Waals surface area contributed by atoms with Gasteiger partial charge in [0, 0.05) is 7.11 Å². The van der Waals surface area contributed by atoms with Crippen molar-refractivity contribution in [3.63, 3.8) is 0 Å². The van der Waals surface area contributed by atoms with E-state index in [0.717, 1.165) is 0 Å². The topological polar surface area (TPSA) is 578 Å². The van der Waals surface area contributed by atoms with E-state index in [1.165, 1.54) is 65.9 Å². The molecule has 0 bridgehead atoms. The molecule has 0 radical (unpaired) electrons. The summed E-state index contributed by atoms with van der Waals surface area (Å²) in [6.07, 6.45) is 1.25. The molecule has 618 valence electrons. The number of hydrogen-bond acceptors (Lipinski definition) is 40. The van der Waals surface area contributed by atoms with Gasteiger partial charge in [-0.05, 0) is 105 Å². The first kappa shape index (κ1) is 114. The van der Waals surface area contributed by atoms with Crippen LogP contribution in [0.1, 0.15) is 20.3 Å². The number of rotatable bonds is 55. The zero-order chi connectivity index (χ0) is 81.1. The Morgan fingerprint density at radius 1 is 0.343 bits per heavy atom. The highest BCUT2D eigenvalue weighted by Gasteiger charge is 3.00. The van der Waals surface area contributed by atoms with Crippen LogP contribution in [0.15, 0.2) is 0 Å². The third-order valence-corrected chi connectivity index (χ3v) is 373. The van der Waals surface area contributed by atoms with Gasteiger partial charge in [-0.15, -0.1) is 0 Å². The molecule has 0 aromatic rings. The molecular weight excluding hydrogens is 2060 g/mol. The maximum absolute atomic E-state index is 13.8. The second kappa shape index (κ2) is 48.7. The highest BCUT2D eigenvalue weighted by molar-refractivity contribution is 8.24. The van der Waals surface area contributed by atoms with Crippen LogP contribution in [0.2, 0.25) is 105 Å². The van der Waals surface area contributed by atoms with Gasteiger partial charge in [-0.25, -0.2) is 0 Å². The Kier molecular flexibility index (Phi) is 54.2. The summed E-state index contributed by atoms with van der Waals surface area (Å²) in [5, 5.41) is 0. The lowest BCUT2D eigenvalue weighted by molar-refractivity contribution is 0.0760. The lowest BCUT2D eigenvalue weighted by Crippen LogP contribution is -3.14. The van der Waals surface area contributed by atoms with Gasteiger partial charge in [0.25, 0.3) is 81.4 Å². The second-order valence-corrected chi connectivity index (χ2v) is 237. The summed E-state index contributed by atoms with van der Waals surface area (Å²) in [5.41, 5.74) is 0. The van der Waals surface area contributed by atoms with E-state index in [1.54, 1.807) is 19.6 Å². The lowest BCUT2D eigenvalue weighted by Gasteiger charge is -2.71. The van der Waals surface area contributed by atoms with Crippen molar-refractivity contribution in [2.75, 3.05) is 7.11 Å². The van der Waals surface area contributed by atoms with E-state index < -0.39 is 310 Å². The van der Waals surface area contributed by atoms with Crippen molar-refractivity contribution in [3.8, 4) is 0 Å². The Morgan fingerprint density at radius 2 is 0.706 bits per heavy atom. The van der Waals surface area contributed by atoms with Crippen molar-refractivity contribution in [2.24, 2.45) is 0 Å². The molecule has 0 saturated carbocycles. The quantitative estimate of drug-likeness (QED) is 0.0251. The first-order valence-electron chi connectivity index (χ1n) is 31.9. The minimum Gasteiger partial charge on any atom is -0.449 e. The minimum absolute atomic E-state index is 0.303. The monoisotopic (exact) mass is 2190 g/mol. The highest BCUT2D eigenvalue weighted by atomic mass is 30.5. The maximum atomic E-state index is 13.8. The molecule has 6 atom stereocenters. The number of hydrogen-bond donors (Lipinski definition) is 19. The molecule has 40 nitrogen and oxygen atoms in total. The fourth-order valence-corrected chi connectivity index (χ4v) is 641. The van der Waals surface area contributed by atoms with Crippen LogP contribution in [0.5, 0.6) is 0 Å². The molecule has 82 heteroatoms. The summed E-state index contributed by atoms with van der Waals surface area (Å²) < 4.78 is 138. The Labute approximate surface area is 674 Å². The van der Waals surface area contributed by atoms with E-state index in [-0.39, 0.29) is 9.76 Å². The molecule has 0 aliphatic heterocycles. The smallest absolute Gasteiger partial charge is 0.449 e. The van der Waals surface area contributed by atoms with Crippen molar-refractivity contribution in [1.82, 2.24) is 0 Å². The van der Waals surface area contributed by atoms with Gasteiger partial charge in [0.15, 0.2) is 89.4 Å². The molecular formula is C20H130O40Si42. The Hall–Kier alpha value is 7.51. The zero-order valence-electron chi connectivity index (χ0n) is 64.3. The molecule has 19 N–H and O–H groups in total. The highest BCUT2D eigenvalue weighted by Crippen LogP contribution is 2.54. The lowest BCUT2D eigenvalue weighted by atomic mass is 10.6. The molecule has 102 heavy (non-hydrogen) atoms. The van der Waals surface area contributed by atoms with E-state index in [4.69, 9.17) is 86.7 Å². The van der Waals surface area contributed by atoms with Gasteiger partial charge in [-0.1, -0.05) is 20.3 Å².